The van der Waals surface area contributed by atoms with Crippen LogP contribution in [0.3, 0.4) is 0 Å². The third-order valence-electron chi connectivity index (χ3n) is 5.80. The number of carboxylic acids is 1. The number of hydrogen-bond acceptors (Lipinski definition) is 5. The van der Waals surface area contributed by atoms with Gasteiger partial charge in [-0.15, -0.1) is 0 Å². The van der Waals surface area contributed by atoms with Gasteiger partial charge in [0.05, 0.1) is 0 Å². The van der Waals surface area contributed by atoms with Gasteiger partial charge in [0.25, 0.3) is 0 Å². The standard InChI is InChI=1S/C19H28N4O3/c1-4-5-15-11-20-13(2)21-17(15)22-8-6-19(7-9-22)10-16(18(25)26)23(12-19)14(3)24/h11,16H,4-10,12H2,1-3H3,(H,25,26)/t16-/m1/s1. The highest BCUT2D eigenvalue weighted by Gasteiger charge is 2.49. The summed E-state index contributed by atoms with van der Waals surface area (Å²) in [5.74, 6) is 0.754. The number of aromatic nitrogens is 2. The van der Waals surface area contributed by atoms with E-state index in [1.54, 1.807) is 0 Å². The molecule has 0 aliphatic carbocycles. The lowest BCUT2D eigenvalue weighted by atomic mass is 9.76. The first-order chi connectivity index (χ1) is 12.3. The quantitative estimate of drug-likeness (QED) is 0.884. The minimum atomic E-state index is -0.892. The molecular weight excluding hydrogens is 332 g/mol. The molecule has 0 unspecified atom stereocenters. The molecule has 1 aromatic heterocycles. The summed E-state index contributed by atoms with van der Waals surface area (Å²) < 4.78 is 0. The van der Waals surface area contributed by atoms with Gasteiger partial charge in [0.15, 0.2) is 0 Å². The van der Waals surface area contributed by atoms with Crippen LogP contribution in [-0.4, -0.2) is 57.5 Å². The predicted octanol–water partition coefficient (Wildman–Crippen LogP) is 2.03. The second-order valence-electron chi connectivity index (χ2n) is 7.71. The van der Waals surface area contributed by atoms with Crippen molar-refractivity contribution >= 4 is 17.7 Å². The fourth-order valence-corrected chi connectivity index (χ4v) is 4.37. The summed E-state index contributed by atoms with van der Waals surface area (Å²) in [6.45, 7) is 7.75. The van der Waals surface area contributed by atoms with Crippen molar-refractivity contribution in [3.63, 3.8) is 0 Å². The maximum atomic E-state index is 11.9. The Hall–Kier alpha value is -2.18. The molecule has 2 aliphatic heterocycles. The molecule has 0 bridgehead atoms. The van der Waals surface area contributed by atoms with Crippen LogP contribution in [0.2, 0.25) is 0 Å². The lowest BCUT2D eigenvalue weighted by Crippen LogP contribution is -2.43. The van der Waals surface area contributed by atoms with Crippen LogP contribution in [0.15, 0.2) is 6.20 Å². The molecule has 1 aromatic rings. The fourth-order valence-electron chi connectivity index (χ4n) is 4.37. The van der Waals surface area contributed by atoms with E-state index < -0.39 is 12.0 Å². The Kier molecular flexibility index (Phi) is 5.16. The third-order valence-corrected chi connectivity index (χ3v) is 5.80. The summed E-state index contributed by atoms with van der Waals surface area (Å²) in [5.41, 5.74) is 1.09. The van der Waals surface area contributed by atoms with Crippen LogP contribution in [0.5, 0.6) is 0 Å². The molecule has 26 heavy (non-hydrogen) atoms. The number of carboxylic acid groups (broad SMARTS) is 1. The minimum absolute atomic E-state index is 0.0851. The number of rotatable bonds is 4. The van der Waals surface area contributed by atoms with Gasteiger partial charge in [-0.2, -0.15) is 0 Å². The molecule has 7 heteroatoms. The number of piperidine rings is 1. The van der Waals surface area contributed by atoms with Gasteiger partial charge in [-0.05, 0) is 38.0 Å². The number of aliphatic carboxylic acids is 1. The van der Waals surface area contributed by atoms with E-state index in [1.807, 2.05) is 13.1 Å². The van der Waals surface area contributed by atoms with E-state index in [2.05, 4.69) is 21.8 Å². The van der Waals surface area contributed by atoms with Gasteiger partial charge in [-0.1, -0.05) is 13.3 Å². The number of likely N-dealkylation sites (tertiary alicyclic amines) is 1. The Bertz CT molecular complexity index is 674. The van der Waals surface area contributed by atoms with Gasteiger partial charge in [0, 0.05) is 38.3 Å². The van der Waals surface area contributed by atoms with Crippen molar-refractivity contribution in [2.45, 2.75) is 58.9 Å². The number of carbonyl (C=O) groups is 2. The molecule has 142 valence electrons. The molecule has 0 radical (unpaired) electrons. The number of hydrogen-bond donors (Lipinski definition) is 1. The van der Waals surface area contributed by atoms with Crippen LogP contribution in [-0.2, 0) is 16.0 Å². The number of nitrogens with zero attached hydrogens (tertiary/aromatic N) is 4. The predicted molar refractivity (Wildman–Crippen MR) is 98.1 cm³/mol. The zero-order chi connectivity index (χ0) is 18.9. The van der Waals surface area contributed by atoms with E-state index in [1.165, 1.54) is 17.4 Å². The second-order valence-corrected chi connectivity index (χ2v) is 7.71. The molecule has 2 fully saturated rings. The molecular formula is C19H28N4O3. The average Bonchev–Trinajstić information content (AvgIpc) is 2.97. The summed E-state index contributed by atoms with van der Waals surface area (Å²) in [4.78, 5) is 36.3. The number of carbonyl (C=O) groups excluding carboxylic acids is 1. The number of anilines is 1. The first kappa shape index (κ1) is 18.6. The van der Waals surface area contributed by atoms with E-state index in [0.29, 0.717) is 13.0 Å². The highest BCUT2D eigenvalue weighted by atomic mass is 16.4. The Labute approximate surface area is 154 Å². The molecule has 3 heterocycles. The molecule has 2 aliphatic rings. The molecule has 0 saturated carbocycles. The summed E-state index contributed by atoms with van der Waals surface area (Å²) in [5, 5.41) is 9.48. The molecule has 1 amide bonds. The second kappa shape index (κ2) is 7.21. The van der Waals surface area contributed by atoms with Crippen molar-refractivity contribution in [3.05, 3.63) is 17.6 Å². The van der Waals surface area contributed by atoms with Crippen molar-refractivity contribution in [1.82, 2.24) is 14.9 Å². The Balaban J connectivity index is 1.75. The minimum Gasteiger partial charge on any atom is -0.480 e. The summed E-state index contributed by atoms with van der Waals surface area (Å²) in [7, 11) is 0. The molecule has 2 saturated heterocycles. The van der Waals surface area contributed by atoms with E-state index in [-0.39, 0.29) is 11.3 Å². The van der Waals surface area contributed by atoms with E-state index in [4.69, 9.17) is 0 Å². The smallest absolute Gasteiger partial charge is 0.326 e. The Morgan fingerprint density at radius 3 is 2.58 bits per heavy atom. The highest BCUT2D eigenvalue weighted by molar-refractivity contribution is 5.83. The van der Waals surface area contributed by atoms with Crippen molar-refractivity contribution in [2.75, 3.05) is 24.5 Å². The first-order valence-corrected chi connectivity index (χ1v) is 9.43. The molecule has 3 rings (SSSR count). The Morgan fingerprint density at radius 2 is 2.04 bits per heavy atom. The molecule has 7 nitrogen and oxygen atoms in total. The monoisotopic (exact) mass is 360 g/mol. The molecule has 1 atom stereocenters. The van der Waals surface area contributed by atoms with E-state index in [9.17, 15) is 14.7 Å². The van der Waals surface area contributed by atoms with Crippen molar-refractivity contribution in [1.29, 1.82) is 0 Å². The number of aryl methyl sites for hydroxylation is 2. The van der Waals surface area contributed by atoms with Gasteiger partial charge in [-0.3, -0.25) is 4.79 Å². The fraction of sp³-hybridized carbons (Fsp3) is 0.684. The normalized spacial score (nSPS) is 22.0. The zero-order valence-corrected chi connectivity index (χ0v) is 15.9. The van der Waals surface area contributed by atoms with Gasteiger partial charge in [0.1, 0.15) is 17.7 Å². The van der Waals surface area contributed by atoms with Crippen LogP contribution in [0, 0.1) is 12.3 Å². The highest BCUT2D eigenvalue weighted by Crippen LogP contribution is 2.44. The summed E-state index contributed by atoms with van der Waals surface area (Å²) in [6, 6.07) is -0.684. The molecule has 0 aromatic carbocycles. The molecule has 1 N–H and O–H groups in total. The van der Waals surface area contributed by atoms with Crippen LogP contribution in [0.25, 0.3) is 0 Å². The maximum Gasteiger partial charge on any atom is 0.326 e. The first-order valence-electron chi connectivity index (χ1n) is 9.43. The SMILES string of the molecule is CCCc1cnc(C)nc1N1CCC2(CC1)C[C@H](C(=O)O)N(C(C)=O)C2. The largest absolute Gasteiger partial charge is 0.480 e. The van der Waals surface area contributed by atoms with E-state index >= 15 is 0 Å². The lowest BCUT2D eigenvalue weighted by Gasteiger charge is -2.40. The van der Waals surface area contributed by atoms with E-state index in [0.717, 1.165) is 50.4 Å². The third kappa shape index (κ3) is 3.52. The maximum absolute atomic E-state index is 11.9. The van der Waals surface area contributed by atoms with Crippen molar-refractivity contribution in [2.24, 2.45) is 5.41 Å². The van der Waals surface area contributed by atoms with Gasteiger partial charge in [-0.25, -0.2) is 14.8 Å². The zero-order valence-electron chi connectivity index (χ0n) is 15.9. The van der Waals surface area contributed by atoms with Crippen LogP contribution >= 0.6 is 0 Å². The van der Waals surface area contributed by atoms with Crippen molar-refractivity contribution in [3.8, 4) is 0 Å². The Morgan fingerprint density at radius 1 is 1.35 bits per heavy atom. The summed E-state index contributed by atoms with van der Waals surface area (Å²) in [6.07, 6.45) is 6.26. The van der Waals surface area contributed by atoms with Crippen molar-refractivity contribution < 1.29 is 14.7 Å². The van der Waals surface area contributed by atoms with Gasteiger partial charge < -0.3 is 14.9 Å². The molecule has 1 spiro atoms. The van der Waals surface area contributed by atoms with Crippen LogP contribution < -0.4 is 4.90 Å². The topological polar surface area (TPSA) is 86.6 Å². The van der Waals surface area contributed by atoms with Crippen LogP contribution in [0.4, 0.5) is 5.82 Å². The lowest BCUT2D eigenvalue weighted by molar-refractivity contribution is -0.147. The van der Waals surface area contributed by atoms with Gasteiger partial charge in [0.2, 0.25) is 5.91 Å². The number of amides is 1. The summed E-state index contributed by atoms with van der Waals surface area (Å²) >= 11 is 0. The average molecular weight is 360 g/mol. The van der Waals surface area contributed by atoms with Gasteiger partial charge >= 0.3 is 5.97 Å². The van der Waals surface area contributed by atoms with Crippen LogP contribution in [0.1, 0.15) is 50.9 Å².